The summed E-state index contributed by atoms with van der Waals surface area (Å²) in [7, 11) is 2.01. The van der Waals surface area contributed by atoms with Crippen molar-refractivity contribution in [1.82, 2.24) is 5.32 Å². The van der Waals surface area contributed by atoms with Crippen LogP contribution in [0.1, 0.15) is 16.7 Å². The van der Waals surface area contributed by atoms with Crippen molar-refractivity contribution in [2.24, 2.45) is 5.92 Å². The maximum absolute atomic E-state index is 6.27. The van der Waals surface area contributed by atoms with Gasteiger partial charge in [0.15, 0.2) is 0 Å². The van der Waals surface area contributed by atoms with Crippen LogP contribution >= 0.6 is 11.6 Å². The Morgan fingerprint density at radius 3 is 2.35 bits per heavy atom. The number of rotatable bonds is 6. The zero-order chi connectivity index (χ0) is 14.4. The van der Waals surface area contributed by atoms with Crippen LogP contribution in [0, 0.1) is 12.8 Å². The van der Waals surface area contributed by atoms with E-state index in [1.54, 1.807) is 0 Å². The molecule has 0 aliphatic heterocycles. The SMILES string of the molecule is CNCC(Cc1ccc(C)cc1)Cc1ccccc1Cl. The highest BCUT2D eigenvalue weighted by atomic mass is 35.5. The lowest BCUT2D eigenvalue weighted by molar-refractivity contribution is 0.493. The molecule has 2 heteroatoms. The van der Waals surface area contributed by atoms with E-state index in [0.29, 0.717) is 5.92 Å². The van der Waals surface area contributed by atoms with E-state index in [1.807, 2.05) is 19.2 Å². The molecule has 1 unspecified atom stereocenters. The minimum atomic E-state index is 0.558. The fourth-order valence-corrected chi connectivity index (χ4v) is 2.75. The number of hydrogen-bond donors (Lipinski definition) is 1. The molecule has 106 valence electrons. The minimum Gasteiger partial charge on any atom is -0.319 e. The van der Waals surface area contributed by atoms with Crippen molar-refractivity contribution in [2.75, 3.05) is 13.6 Å². The molecule has 1 nitrogen and oxygen atoms in total. The number of aryl methyl sites for hydroxylation is 1. The van der Waals surface area contributed by atoms with Crippen LogP contribution in [-0.2, 0) is 12.8 Å². The summed E-state index contributed by atoms with van der Waals surface area (Å²) >= 11 is 6.27. The van der Waals surface area contributed by atoms with Crippen molar-refractivity contribution in [3.05, 3.63) is 70.2 Å². The van der Waals surface area contributed by atoms with Gasteiger partial charge in [0.2, 0.25) is 0 Å². The van der Waals surface area contributed by atoms with Gasteiger partial charge >= 0.3 is 0 Å². The van der Waals surface area contributed by atoms with Gasteiger partial charge in [0, 0.05) is 5.02 Å². The predicted octanol–water partition coefficient (Wildman–Crippen LogP) is 4.27. The van der Waals surface area contributed by atoms with Crippen LogP contribution < -0.4 is 5.32 Å². The van der Waals surface area contributed by atoms with Crippen molar-refractivity contribution in [1.29, 1.82) is 0 Å². The molecule has 2 aromatic rings. The van der Waals surface area contributed by atoms with Gasteiger partial charge in [0.25, 0.3) is 0 Å². The lowest BCUT2D eigenvalue weighted by Gasteiger charge is -2.17. The van der Waals surface area contributed by atoms with Crippen LogP contribution in [0.2, 0.25) is 5.02 Å². The molecule has 0 radical (unpaired) electrons. The largest absolute Gasteiger partial charge is 0.319 e. The van der Waals surface area contributed by atoms with Crippen LogP contribution in [0.3, 0.4) is 0 Å². The van der Waals surface area contributed by atoms with Crippen molar-refractivity contribution in [3.8, 4) is 0 Å². The highest BCUT2D eigenvalue weighted by Crippen LogP contribution is 2.21. The number of nitrogens with one attached hydrogen (secondary N) is 1. The summed E-state index contributed by atoms with van der Waals surface area (Å²) < 4.78 is 0. The van der Waals surface area contributed by atoms with Gasteiger partial charge in [0.05, 0.1) is 0 Å². The first-order valence-electron chi connectivity index (χ1n) is 7.12. The van der Waals surface area contributed by atoms with E-state index in [0.717, 1.165) is 24.4 Å². The Balaban J connectivity index is 2.07. The fraction of sp³-hybridized carbons (Fsp3) is 0.333. The lowest BCUT2D eigenvalue weighted by Crippen LogP contribution is -2.23. The molecule has 0 aliphatic rings. The Morgan fingerprint density at radius 2 is 1.70 bits per heavy atom. The van der Waals surface area contributed by atoms with E-state index < -0.39 is 0 Å². The number of hydrogen-bond acceptors (Lipinski definition) is 1. The third kappa shape index (κ3) is 4.36. The quantitative estimate of drug-likeness (QED) is 0.837. The van der Waals surface area contributed by atoms with Gasteiger partial charge in [0.1, 0.15) is 0 Å². The summed E-state index contributed by atoms with van der Waals surface area (Å²) in [5, 5.41) is 4.17. The molecule has 20 heavy (non-hydrogen) atoms. The molecule has 0 aliphatic carbocycles. The first-order valence-corrected chi connectivity index (χ1v) is 7.50. The maximum atomic E-state index is 6.27. The van der Waals surface area contributed by atoms with E-state index in [9.17, 15) is 0 Å². The first kappa shape index (κ1) is 15.1. The second kappa shape index (κ2) is 7.47. The number of benzene rings is 2. The Labute approximate surface area is 127 Å². The average Bonchev–Trinajstić information content (AvgIpc) is 2.44. The summed E-state index contributed by atoms with van der Waals surface area (Å²) in [6.07, 6.45) is 2.08. The maximum Gasteiger partial charge on any atom is 0.0438 e. The Hall–Kier alpha value is -1.31. The molecule has 0 saturated carbocycles. The van der Waals surface area contributed by atoms with Gasteiger partial charge in [-0.05, 0) is 56.5 Å². The molecule has 0 aromatic heterocycles. The molecule has 0 bridgehead atoms. The van der Waals surface area contributed by atoms with Gasteiger partial charge in [-0.15, -0.1) is 0 Å². The van der Waals surface area contributed by atoms with Crippen LogP contribution in [0.15, 0.2) is 48.5 Å². The number of halogens is 1. The molecule has 2 rings (SSSR count). The molecular formula is C18H22ClN. The van der Waals surface area contributed by atoms with Crippen molar-refractivity contribution < 1.29 is 0 Å². The Kier molecular flexibility index (Phi) is 5.63. The molecule has 0 amide bonds. The van der Waals surface area contributed by atoms with E-state index in [2.05, 4.69) is 48.6 Å². The van der Waals surface area contributed by atoms with Crippen LogP contribution in [-0.4, -0.2) is 13.6 Å². The van der Waals surface area contributed by atoms with Gasteiger partial charge in [-0.25, -0.2) is 0 Å². The molecule has 1 N–H and O–H groups in total. The monoisotopic (exact) mass is 287 g/mol. The normalized spacial score (nSPS) is 12.3. The van der Waals surface area contributed by atoms with E-state index in [4.69, 9.17) is 11.6 Å². The minimum absolute atomic E-state index is 0.558. The Morgan fingerprint density at radius 1 is 1.00 bits per heavy atom. The summed E-state index contributed by atoms with van der Waals surface area (Å²) in [6, 6.07) is 17.0. The van der Waals surface area contributed by atoms with Crippen molar-refractivity contribution >= 4 is 11.6 Å². The first-order chi connectivity index (χ1) is 9.69. The second-order valence-corrected chi connectivity index (χ2v) is 5.82. The smallest absolute Gasteiger partial charge is 0.0438 e. The molecule has 0 spiro atoms. The van der Waals surface area contributed by atoms with E-state index in [1.165, 1.54) is 16.7 Å². The van der Waals surface area contributed by atoms with E-state index >= 15 is 0 Å². The standard InChI is InChI=1S/C18H22ClN/c1-14-7-9-15(10-8-14)11-16(13-20-2)12-17-5-3-4-6-18(17)19/h3-10,16,20H,11-13H2,1-2H3. The molecule has 2 aromatic carbocycles. The van der Waals surface area contributed by atoms with Gasteiger partial charge < -0.3 is 5.32 Å². The summed E-state index contributed by atoms with van der Waals surface area (Å²) in [5.74, 6) is 0.558. The fourth-order valence-electron chi connectivity index (χ4n) is 2.54. The van der Waals surface area contributed by atoms with Gasteiger partial charge in [-0.3, -0.25) is 0 Å². The second-order valence-electron chi connectivity index (χ2n) is 5.41. The van der Waals surface area contributed by atoms with Gasteiger partial charge in [-0.1, -0.05) is 59.6 Å². The van der Waals surface area contributed by atoms with Crippen LogP contribution in [0.4, 0.5) is 0 Å². The highest BCUT2D eigenvalue weighted by Gasteiger charge is 2.12. The summed E-state index contributed by atoms with van der Waals surface area (Å²) in [4.78, 5) is 0. The lowest BCUT2D eigenvalue weighted by atomic mass is 9.92. The molecule has 0 heterocycles. The zero-order valence-electron chi connectivity index (χ0n) is 12.2. The predicted molar refractivity (Wildman–Crippen MR) is 87.5 cm³/mol. The van der Waals surface area contributed by atoms with Gasteiger partial charge in [-0.2, -0.15) is 0 Å². The van der Waals surface area contributed by atoms with Crippen molar-refractivity contribution in [3.63, 3.8) is 0 Å². The molecule has 0 saturated heterocycles. The third-order valence-corrected chi connectivity index (χ3v) is 3.97. The molecule has 0 fully saturated rings. The summed E-state index contributed by atoms with van der Waals surface area (Å²) in [6.45, 7) is 3.12. The Bertz CT molecular complexity index is 533. The molecular weight excluding hydrogens is 266 g/mol. The molecule has 1 atom stereocenters. The van der Waals surface area contributed by atoms with Crippen LogP contribution in [0.25, 0.3) is 0 Å². The average molecular weight is 288 g/mol. The van der Waals surface area contributed by atoms with E-state index in [-0.39, 0.29) is 0 Å². The zero-order valence-corrected chi connectivity index (χ0v) is 13.0. The summed E-state index contributed by atoms with van der Waals surface area (Å²) in [5.41, 5.74) is 3.94. The third-order valence-electron chi connectivity index (χ3n) is 3.60. The van der Waals surface area contributed by atoms with Crippen LogP contribution in [0.5, 0.6) is 0 Å². The highest BCUT2D eigenvalue weighted by molar-refractivity contribution is 6.31. The van der Waals surface area contributed by atoms with Crippen molar-refractivity contribution in [2.45, 2.75) is 19.8 Å². The topological polar surface area (TPSA) is 12.0 Å².